The average Bonchev–Trinajstić information content (AvgIpc) is 3.16. The maximum absolute atomic E-state index is 11.9. The number of aliphatic imine (C=N–C) groups is 1. The lowest BCUT2D eigenvalue weighted by atomic mass is 10.1. The first-order chi connectivity index (χ1) is 10.7. The van der Waals surface area contributed by atoms with Crippen LogP contribution in [0.15, 0.2) is 17.1 Å². The van der Waals surface area contributed by atoms with Crippen molar-refractivity contribution >= 4 is 11.9 Å². The molecule has 1 saturated heterocycles. The fraction of sp³-hybridized carbons (Fsp3) is 0.765. The molecule has 2 N–H and O–H groups in total. The van der Waals surface area contributed by atoms with Crippen LogP contribution in [0.4, 0.5) is 0 Å². The van der Waals surface area contributed by atoms with Crippen LogP contribution in [-0.2, 0) is 4.79 Å². The molecule has 1 unspecified atom stereocenters. The molecule has 0 spiro atoms. The number of rotatable bonds is 7. The predicted octanol–water partition coefficient (Wildman–Crippen LogP) is 2.05. The highest BCUT2D eigenvalue weighted by molar-refractivity contribution is 5.80. The number of guanidine groups is 1. The Balaban J connectivity index is 1.82. The number of carbonyl (C=O) groups is 1. The molecule has 0 aromatic heterocycles. The Hall–Kier alpha value is -1.52. The van der Waals surface area contributed by atoms with Crippen molar-refractivity contribution in [1.82, 2.24) is 15.5 Å². The number of nitrogens with one attached hydrogen (secondary N) is 2. The number of amides is 1. The zero-order valence-corrected chi connectivity index (χ0v) is 14.0. The highest BCUT2D eigenvalue weighted by atomic mass is 16.2. The number of carbonyl (C=O) groups excluding carboxylic acids is 1. The van der Waals surface area contributed by atoms with Crippen LogP contribution >= 0.6 is 0 Å². The fourth-order valence-corrected chi connectivity index (χ4v) is 3.21. The third-order valence-electron chi connectivity index (χ3n) is 4.45. The second kappa shape index (κ2) is 8.81. The molecule has 124 valence electrons. The molecule has 22 heavy (non-hydrogen) atoms. The third kappa shape index (κ3) is 4.75. The van der Waals surface area contributed by atoms with E-state index >= 15 is 0 Å². The Morgan fingerprint density at radius 2 is 2.18 bits per heavy atom. The van der Waals surface area contributed by atoms with E-state index in [9.17, 15) is 4.79 Å². The van der Waals surface area contributed by atoms with Gasteiger partial charge in [0, 0.05) is 38.1 Å². The normalized spacial score (nSPS) is 20.7. The standard InChI is InChI=1S/C17H30N4O/c1-3-15(21-13-7-10-16(21)22)11-12-19-17(18-4-2)20-14-8-5-6-9-14/h5-6,14-15H,3-4,7-13H2,1-2H3,(H2,18,19,20). The number of hydrogen-bond donors (Lipinski definition) is 2. The van der Waals surface area contributed by atoms with E-state index < -0.39 is 0 Å². The topological polar surface area (TPSA) is 56.7 Å². The highest BCUT2D eigenvalue weighted by Gasteiger charge is 2.26. The molecule has 5 nitrogen and oxygen atoms in total. The first kappa shape index (κ1) is 16.8. The van der Waals surface area contributed by atoms with Crippen LogP contribution in [0.5, 0.6) is 0 Å². The zero-order valence-electron chi connectivity index (χ0n) is 14.0. The van der Waals surface area contributed by atoms with Crippen molar-refractivity contribution in [1.29, 1.82) is 0 Å². The van der Waals surface area contributed by atoms with Gasteiger partial charge in [0.25, 0.3) is 0 Å². The molecule has 1 aliphatic carbocycles. The second-order valence-electron chi connectivity index (χ2n) is 6.09. The largest absolute Gasteiger partial charge is 0.357 e. The Labute approximate surface area is 134 Å². The third-order valence-corrected chi connectivity index (χ3v) is 4.45. The molecule has 0 aromatic carbocycles. The summed E-state index contributed by atoms with van der Waals surface area (Å²) >= 11 is 0. The smallest absolute Gasteiger partial charge is 0.222 e. The van der Waals surface area contributed by atoms with Gasteiger partial charge in [0.1, 0.15) is 0 Å². The van der Waals surface area contributed by atoms with Crippen molar-refractivity contribution in [2.75, 3.05) is 19.6 Å². The molecule has 1 fully saturated rings. The maximum Gasteiger partial charge on any atom is 0.222 e. The Morgan fingerprint density at radius 1 is 1.41 bits per heavy atom. The van der Waals surface area contributed by atoms with Gasteiger partial charge in [-0.25, -0.2) is 0 Å². The summed E-state index contributed by atoms with van der Waals surface area (Å²) in [6, 6.07) is 0.815. The second-order valence-corrected chi connectivity index (χ2v) is 6.09. The molecule has 2 rings (SSSR count). The summed E-state index contributed by atoms with van der Waals surface area (Å²) < 4.78 is 0. The SMILES string of the molecule is CCNC(=NCCC(CC)N1CCCC1=O)NC1CC=CC1. The Morgan fingerprint density at radius 3 is 2.77 bits per heavy atom. The minimum Gasteiger partial charge on any atom is -0.357 e. The number of hydrogen-bond acceptors (Lipinski definition) is 2. The molecule has 1 atom stereocenters. The average molecular weight is 306 g/mol. The van der Waals surface area contributed by atoms with Crippen molar-refractivity contribution < 1.29 is 4.79 Å². The summed E-state index contributed by atoms with van der Waals surface area (Å²) in [6.45, 7) is 6.80. The molecule has 0 bridgehead atoms. The van der Waals surface area contributed by atoms with Crippen LogP contribution in [-0.4, -0.2) is 48.5 Å². The Kier molecular flexibility index (Phi) is 6.74. The van der Waals surface area contributed by atoms with Crippen molar-refractivity contribution in [3.8, 4) is 0 Å². The van der Waals surface area contributed by atoms with Gasteiger partial charge in [-0.3, -0.25) is 9.79 Å². The van der Waals surface area contributed by atoms with Gasteiger partial charge in [0.15, 0.2) is 5.96 Å². The molecular formula is C17H30N4O. The number of likely N-dealkylation sites (tertiary alicyclic amines) is 1. The van der Waals surface area contributed by atoms with Gasteiger partial charge in [0.2, 0.25) is 5.91 Å². The summed E-state index contributed by atoms with van der Waals surface area (Å²) in [6.07, 6.45) is 10.3. The molecule has 0 saturated carbocycles. The summed E-state index contributed by atoms with van der Waals surface area (Å²) in [5.41, 5.74) is 0. The van der Waals surface area contributed by atoms with Gasteiger partial charge in [0.05, 0.1) is 0 Å². The van der Waals surface area contributed by atoms with E-state index in [0.29, 0.717) is 18.0 Å². The van der Waals surface area contributed by atoms with Crippen LogP contribution in [0.25, 0.3) is 0 Å². The monoisotopic (exact) mass is 306 g/mol. The van der Waals surface area contributed by atoms with Crippen molar-refractivity contribution in [3.63, 3.8) is 0 Å². The van der Waals surface area contributed by atoms with Crippen LogP contribution in [0.2, 0.25) is 0 Å². The van der Waals surface area contributed by atoms with E-state index in [0.717, 1.165) is 64.1 Å². The maximum atomic E-state index is 11.9. The quantitative estimate of drug-likeness (QED) is 0.430. The molecule has 2 aliphatic rings. The molecule has 1 heterocycles. The van der Waals surface area contributed by atoms with E-state index in [1.54, 1.807) is 0 Å². The number of nitrogens with zero attached hydrogens (tertiary/aromatic N) is 2. The van der Waals surface area contributed by atoms with Crippen molar-refractivity contribution in [2.45, 2.75) is 64.5 Å². The molecule has 1 amide bonds. The van der Waals surface area contributed by atoms with E-state index in [1.165, 1.54) is 0 Å². The van der Waals surface area contributed by atoms with E-state index in [1.807, 2.05) is 0 Å². The van der Waals surface area contributed by atoms with Crippen molar-refractivity contribution in [3.05, 3.63) is 12.2 Å². The van der Waals surface area contributed by atoms with Gasteiger partial charge in [-0.1, -0.05) is 19.1 Å². The van der Waals surface area contributed by atoms with Gasteiger partial charge in [-0.05, 0) is 39.0 Å². The molecule has 0 aromatic rings. The molecule has 0 radical (unpaired) electrons. The van der Waals surface area contributed by atoms with Gasteiger partial charge in [-0.15, -0.1) is 0 Å². The van der Waals surface area contributed by atoms with Crippen LogP contribution in [0, 0.1) is 0 Å². The van der Waals surface area contributed by atoms with E-state index in [4.69, 9.17) is 0 Å². The van der Waals surface area contributed by atoms with Gasteiger partial charge in [-0.2, -0.15) is 0 Å². The summed E-state index contributed by atoms with van der Waals surface area (Å²) in [5, 5.41) is 6.79. The zero-order chi connectivity index (χ0) is 15.8. The summed E-state index contributed by atoms with van der Waals surface area (Å²) in [7, 11) is 0. The minimum atomic E-state index is 0.317. The minimum absolute atomic E-state index is 0.317. The lowest BCUT2D eigenvalue weighted by Crippen LogP contribution is -2.43. The molecule has 1 aliphatic heterocycles. The lowest BCUT2D eigenvalue weighted by Gasteiger charge is -2.26. The van der Waals surface area contributed by atoms with Crippen molar-refractivity contribution in [2.24, 2.45) is 4.99 Å². The molecule has 5 heteroatoms. The summed E-state index contributed by atoms with van der Waals surface area (Å²) in [5.74, 6) is 1.22. The lowest BCUT2D eigenvalue weighted by molar-refractivity contribution is -0.129. The Bertz CT molecular complexity index is 411. The van der Waals surface area contributed by atoms with Crippen LogP contribution in [0.3, 0.4) is 0 Å². The highest BCUT2D eigenvalue weighted by Crippen LogP contribution is 2.18. The van der Waals surface area contributed by atoms with Crippen LogP contribution in [0.1, 0.15) is 52.4 Å². The predicted molar refractivity (Wildman–Crippen MR) is 90.9 cm³/mol. The first-order valence-electron chi connectivity index (χ1n) is 8.73. The van der Waals surface area contributed by atoms with E-state index in [-0.39, 0.29) is 0 Å². The van der Waals surface area contributed by atoms with Crippen LogP contribution < -0.4 is 10.6 Å². The summed E-state index contributed by atoms with van der Waals surface area (Å²) in [4.78, 5) is 18.6. The van der Waals surface area contributed by atoms with Gasteiger partial charge < -0.3 is 15.5 Å². The fourth-order valence-electron chi connectivity index (χ4n) is 3.21. The molecular weight excluding hydrogens is 276 g/mol. The van der Waals surface area contributed by atoms with E-state index in [2.05, 4.69) is 46.5 Å². The van der Waals surface area contributed by atoms with Gasteiger partial charge >= 0.3 is 0 Å². The first-order valence-corrected chi connectivity index (χ1v) is 8.73.